The number of carbonyl (C=O) groups excluding carboxylic acids is 1. The molecule has 23 heavy (non-hydrogen) atoms. The van der Waals surface area contributed by atoms with Crippen molar-refractivity contribution in [2.24, 2.45) is 0 Å². The van der Waals surface area contributed by atoms with E-state index in [1.54, 1.807) is 27.0 Å². The van der Waals surface area contributed by atoms with Gasteiger partial charge < -0.3 is 20.1 Å². The summed E-state index contributed by atoms with van der Waals surface area (Å²) in [4.78, 5) is 26.4. The van der Waals surface area contributed by atoms with Crippen molar-refractivity contribution in [3.63, 3.8) is 0 Å². The van der Waals surface area contributed by atoms with Crippen molar-refractivity contribution < 1.29 is 19.4 Å². The van der Waals surface area contributed by atoms with Gasteiger partial charge in [0.05, 0.1) is 0 Å². The minimum atomic E-state index is -1.10. The number of nitrogens with one attached hydrogen (secondary N) is 2. The molecule has 2 aromatic rings. The zero-order chi connectivity index (χ0) is 17.2. The van der Waals surface area contributed by atoms with Gasteiger partial charge in [0.2, 0.25) is 0 Å². The van der Waals surface area contributed by atoms with E-state index in [0.29, 0.717) is 0 Å². The molecule has 0 aliphatic heterocycles. The predicted molar refractivity (Wildman–Crippen MR) is 87.5 cm³/mol. The van der Waals surface area contributed by atoms with E-state index in [-0.39, 0.29) is 6.42 Å². The van der Waals surface area contributed by atoms with Crippen LogP contribution < -0.4 is 5.32 Å². The number of hydrogen-bond donors (Lipinski definition) is 3. The summed E-state index contributed by atoms with van der Waals surface area (Å²) in [6, 6.07) is 4.78. The first-order valence-electron chi connectivity index (χ1n) is 7.45. The van der Waals surface area contributed by atoms with Crippen LogP contribution in [0.25, 0.3) is 10.9 Å². The number of aliphatic carboxylic acids is 1. The van der Waals surface area contributed by atoms with Gasteiger partial charge in [-0.1, -0.05) is 18.2 Å². The number of carboxylic acids is 1. The summed E-state index contributed by atoms with van der Waals surface area (Å²) in [5.41, 5.74) is 2.22. The van der Waals surface area contributed by atoms with Gasteiger partial charge in [-0.2, -0.15) is 0 Å². The largest absolute Gasteiger partial charge is 0.480 e. The summed E-state index contributed by atoms with van der Waals surface area (Å²) in [5.74, 6) is -1.10. The molecule has 2 rings (SSSR count). The van der Waals surface area contributed by atoms with E-state index in [0.717, 1.165) is 22.0 Å². The zero-order valence-corrected chi connectivity index (χ0v) is 13.8. The lowest BCUT2D eigenvalue weighted by Gasteiger charge is -2.22. The Hall–Kier alpha value is -2.50. The Morgan fingerprint density at radius 3 is 2.65 bits per heavy atom. The molecular weight excluding hydrogens is 296 g/mol. The van der Waals surface area contributed by atoms with Crippen LogP contribution in [0.1, 0.15) is 31.9 Å². The number of rotatable bonds is 4. The second-order valence-electron chi connectivity index (χ2n) is 6.55. The number of aryl methyl sites for hydroxylation is 1. The van der Waals surface area contributed by atoms with Crippen LogP contribution in [-0.2, 0) is 16.0 Å². The van der Waals surface area contributed by atoms with Crippen LogP contribution in [-0.4, -0.2) is 33.8 Å². The predicted octanol–water partition coefficient (Wildman–Crippen LogP) is 3.00. The topological polar surface area (TPSA) is 91.4 Å². The van der Waals surface area contributed by atoms with Gasteiger partial charge in [0.25, 0.3) is 0 Å². The first-order chi connectivity index (χ1) is 10.7. The third-order valence-electron chi connectivity index (χ3n) is 3.42. The normalized spacial score (nSPS) is 12.9. The Labute approximate surface area is 134 Å². The van der Waals surface area contributed by atoms with Crippen LogP contribution in [0.5, 0.6) is 0 Å². The molecule has 1 heterocycles. The summed E-state index contributed by atoms with van der Waals surface area (Å²) in [6.07, 6.45) is 1.23. The average molecular weight is 318 g/mol. The van der Waals surface area contributed by atoms with Crippen LogP contribution in [0.3, 0.4) is 0 Å². The second kappa shape index (κ2) is 6.32. The Morgan fingerprint density at radius 2 is 2.04 bits per heavy atom. The number of hydrogen-bond acceptors (Lipinski definition) is 3. The van der Waals surface area contributed by atoms with Crippen LogP contribution >= 0.6 is 0 Å². The quantitative estimate of drug-likeness (QED) is 0.808. The van der Waals surface area contributed by atoms with Gasteiger partial charge in [0, 0.05) is 23.5 Å². The Morgan fingerprint density at radius 1 is 1.35 bits per heavy atom. The van der Waals surface area contributed by atoms with Crippen molar-refractivity contribution in [3.8, 4) is 0 Å². The third-order valence-corrected chi connectivity index (χ3v) is 3.42. The number of carbonyl (C=O) groups is 2. The number of alkyl carbamates (subject to hydrolysis) is 1. The molecule has 0 aliphatic rings. The number of H-pyrrole nitrogens is 1. The number of amides is 1. The number of fused-ring (bicyclic) bond motifs is 1. The standard InChI is InChI=1S/C17H22N2O4/c1-10-6-5-7-12-11(9-18-14(10)12)8-13(15(20)21)19-16(22)23-17(2,3)4/h5-7,9,13,18H,8H2,1-4H3,(H,19,22)(H,20,21)/t13-/m1/s1. The smallest absolute Gasteiger partial charge is 0.408 e. The number of para-hydroxylation sites is 1. The number of aromatic amines is 1. The number of carboxylic acid groups (broad SMARTS) is 1. The highest BCUT2D eigenvalue weighted by Crippen LogP contribution is 2.22. The lowest BCUT2D eigenvalue weighted by molar-refractivity contribution is -0.139. The van der Waals surface area contributed by atoms with E-state index in [4.69, 9.17) is 4.74 Å². The fraction of sp³-hybridized carbons (Fsp3) is 0.412. The molecule has 0 bridgehead atoms. The van der Waals surface area contributed by atoms with E-state index in [9.17, 15) is 14.7 Å². The highest BCUT2D eigenvalue weighted by molar-refractivity contribution is 5.87. The van der Waals surface area contributed by atoms with Crippen molar-refractivity contribution in [2.45, 2.75) is 45.8 Å². The van der Waals surface area contributed by atoms with Gasteiger partial charge in [0.15, 0.2) is 0 Å². The summed E-state index contributed by atoms with van der Waals surface area (Å²) in [5, 5.41) is 12.7. The fourth-order valence-electron chi connectivity index (χ4n) is 2.40. The number of ether oxygens (including phenoxy) is 1. The maximum absolute atomic E-state index is 11.8. The summed E-state index contributed by atoms with van der Waals surface area (Å²) in [6.45, 7) is 7.16. The van der Waals surface area contributed by atoms with E-state index < -0.39 is 23.7 Å². The summed E-state index contributed by atoms with van der Waals surface area (Å²) in [7, 11) is 0. The van der Waals surface area contributed by atoms with Gasteiger partial charge in [0.1, 0.15) is 11.6 Å². The van der Waals surface area contributed by atoms with Gasteiger partial charge in [-0.3, -0.25) is 0 Å². The van der Waals surface area contributed by atoms with Crippen molar-refractivity contribution in [2.75, 3.05) is 0 Å². The number of aromatic nitrogens is 1. The molecule has 6 heteroatoms. The van der Waals surface area contributed by atoms with Crippen LogP contribution in [0.4, 0.5) is 4.79 Å². The number of benzene rings is 1. The lowest BCUT2D eigenvalue weighted by Crippen LogP contribution is -2.44. The van der Waals surface area contributed by atoms with Crippen molar-refractivity contribution in [1.29, 1.82) is 0 Å². The van der Waals surface area contributed by atoms with E-state index >= 15 is 0 Å². The molecule has 0 saturated heterocycles. The van der Waals surface area contributed by atoms with Gasteiger partial charge in [-0.25, -0.2) is 9.59 Å². The highest BCUT2D eigenvalue weighted by atomic mass is 16.6. The molecular formula is C17H22N2O4. The lowest BCUT2D eigenvalue weighted by atomic mass is 10.0. The van der Waals surface area contributed by atoms with Crippen LogP contribution in [0, 0.1) is 6.92 Å². The van der Waals surface area contributed by atoms with Crippen molar-refractivity contribution in [1.82, 2.24) is 10.3 Å². The Balaban J connectivity index is 2.17. The molecule has 0 fully saturated rings. The zero-order valence-electron chi connectivity index (χ0n) is 13.8. The van der Waals surface area contributed by atoms with Crippen molar-refractivity contribution in [3.05, 3.63) is 35.5 Å². The molecule has 3 N–H and O–H groups in total. The summed E-state index contributed by atoms with van der Waals surface area (Å²) < 4.78 is 5.12. The van der Waals surface area contributed by atoms with E-state index in [1.165, 1.54) is 0 Å². The minimum Gasteiger partial charge on any atom is -0.480 e. The molecule has 0 unspecified atom stereocenters. The van der Waals surface area contributed by atoms with E-state index in [1.807, 2.05) is 25.1 Å². The molecule has 0 radical (unpaired) electrons. The first kappa shape index (κ1) is 16.9. The molecule has 1 amide bonds. The molecule has 1 aromatic carbocycles. The first-order valence-corrected chi connectivity index (χ1v) is 7.45. The molecule has 1 aromatic heterocycles. The molecule has 0 spiro atoms. The molecule has 0 aliphatic carbocycles. The summed E-state index contributed by atoms with van der Waals surface area (Å²) >= 11 is 0. The van der Waals surface area contributed by atoms with Crippen molar-refractivity contribution >= 4 is 23.0 Å². The van der Waals surface area contributed by atoms with Crippen LogP contribution in [0.15, 0.2) is 24.4 Å². The van der Waals surface area contributed by atoms with Crippen LogP contribution in [0.2, 0.25) is 0 Å². The maximum atomic E-state index is 11.8. The Kier molecular flexibility index (Phi) is 4.63. The average Bonchev–Trinajstić information content (AvgIpc) is 2.80. The second-order valence-corrected chi connectivity index (χ2v) is 6.55. The fourth-order valence-corrected chi connectivity index (χ4v) is 2.40. The molecule has 124 valence electrons. The monoisotopic (exact) mass is 318 g/mol. The highest BCUT2D eigenvalue weighted by Gasteiger charge is 2.25. The third kappa shape index (κ3) is 4.25. The molecule has 1 atom stereocenters. The minimum absolute atomic E-state index is 0.179. The maximum Gasteiger partial charge on any atom is 0.408 e. The van der Waals surface area contributed by atoms with Gasteiger partial charge >= 0.3 is 12.1 Å². The van der Waals surface area contributed by atoms with E-state index in [2.05, 4.69) is 10.3 Å². The van der Waals surface area contributed by atoms with Gasteiger partial charge in [-0.05, 0) is 38.8 Å². The Bertz CT molecular complexity index is 728. The van der Waals surface area contributed by atoms with Gasteiger partial charge in [-0.15, -0.1) is 0 Å². The molecule has 6 nitrogen and oxygen atoms in total. The molecule has 0 saturated carbocycles. The SMILES string of the molecule is Cc1cccc2c(C[C@@H](NC(=O)OC(C)(C)C)C(=O)O)c[nH]c12.